The van der Waals surface area contributed by atoms with Gasteiger partial charge in [-0.1, -0.05) is 26.8 Å². The summed E-state index contributed by atoms with van der Waals surface area (Å²) in [7, 11) is 0. The van der Waals surface area contributed by atoms with Crippen molar-refractivity contribution in [3.05, 3.63) is 51.5 Å². The highest BCUT2D eigenvalue weighted by Gasteiger charge is 2.32. The van der Waals surface area contributed by atoms with E-state index in [1.165, 1.54) is 10.9 Å². The first kappa shape index (κ1) is 19.8. The molecule has 0 spiro atoms. The monoisotopic (exact) mass is 427 g/mol. The van der Waals surface area contributed by atoms with Crippen molar-refractivity contribution in [3.8, 4) is 5.82 Å². The number of hydrogen-bond acceptors (Lipinski definition) is 5. The molecule has 0 aliphatic heterocycles. The number of primary amides is 1. The Labute approximate surface area is 157 Å². The predicted octanol–water partition coefficient (Wildman–Crippen LogP) is 2.55. The van der Waals surface area contributed by atoms with Crippen LogP contribution in [-0.4, -0.2) is 31.5 Å². The standard InChI is InChI=1S/C16H19BrFN5O3/c1-16(2,3)13(26-14(19)24)10(7-18)8-23-15(25)22(9-20-23)12-6-4-5-11(17)21-12/h4-7,9,13H,8H2,1-3H3,(H2,19,24). The maximum atomic E-state index is 13.5. The van der Waals surface area contributed by atoms with E-state index in [1.807, 2.05) is 0 Å². The lowest BCUT2D eigenvalue weighted by Gasteiger charge is -2.31. The minimum atomic E-state index is -1.03. The number of rotatable bonds is 5. The minimum Gasteiger partial charge on any atom is -0.441 e. The molecule has 10 heteroatoms. The lowest BCUT2D eigenvalue weighted by molar-refractivity contribution is 0.0566. The Hall–Kier alpha value is -2.49. The molecule has 1 amide bonds. The molecular weight excluding hydrogens is 409 g/mol. The van der Waals surface area contributed by atoms with Gasteiger partial charge in [-0.2, -0.15) is 5.10 Å². The molecule has 8 nitrogen and oxygen atoms in total. The van der Waals surface area contributed by atoms with E-state index in [4.69, 9.17) is 10.5 Å². The number of carbonyl (C=O) groups excluding carboxylic acids is 1. The minimum absolute atomic E-state index is 0.0610. The second kappa shape index (κ2) is 7.81. The average molecular weight is 428 g/mol. The second-order valence-corrected chi connectivity index (χ2v) is 7.44. The van der Waals surface area contributed by atoms with E-state index in [1.54, 1.807) is 39.0 Å². The zero-order valence-corrected chi connectivity index (χ0v) is 16.1. The number of halogens is 2. The van der Waals surface area contributed by atoms with Crippen molar-refractivity contribution < 1.29 is 13.9 Å². The summed E-state index contributed by atoms with van der Waals surface area (Å²) >= 11 is 3.23. The Morgan fingerprint density at radius 1 is 1.46 bits per heavy atom. The highest BCUT2D eigenvalue weighted by atomic mass is 79.9. The fourth-order valence-corrected chi connectivity index (χ4v) is 2.74. The van der Waals surface area contributed by atoms with E-state index in [2.05, 4.69) is 26.0 Å². The first-order valence-electron chi connectivity index (χ1n) is 7.66. The third-order valence-corrected chi connectivity index (χ3v) is 3.95. The van der Waals surface area contributed by atoms with Crippen LogP contribution in [0.4, 0.5) is 9.18 Å². The van der Waals surface area contributed by atoms with Crippen molar-refractivity contribution >= 4 is 22.0 Å². The van der Waals surface area contributed by atoms with Gasteiger partial charge in [0.15, 0.2) is 0 Å². The average Bonchev–Trinajstić information content (AvgIpc) is 2.90. The second-order valence-electron chi connectivity index (χ2n) is 6.63. The number of pyridine rings is 1. The summed E-state index contributed by atoms with van der Waals surface area (Å²) in [6.07, 6.45) is -0.387. The van der Waals surface area contributed by atoms with Gasteiger partial charge in [0, 0.05) is 11.0 Å². The molecule has 1 atom stereocenters. The van der Waals surface area contributed by atoms with Gasteiger partial charge in [-0.05, 0) is 28.1 Å². The molecule has 0 radical (unpaired) electrons. The number of ether oxygens (including phenoxy) is 1. The van der Waals surface area contributed by atoms with Gasteiger partial charge in [-0.15, -0.1) is 0 Å². The molecule has 2 N–H and O–H groups in total. The van der Waals surface area contributed by atoms with E-state index < -0.39 is 23.3 Å². The number of amides is 1. The molecule has 0 saturated carbocycles. The van der Waals surface area contributed by atoms with Gasteiger partial charge in [-0.25, -0.2) is 28.2 Å². The van der Waals surface area contributed by atoms with E-state index >= 15 is 0 Å². The molecule has 26 heavy (non-hydrogen) atoms. The molecule has 1 unspecified atom stereocenters. The summed E-state index contributed by atoms with van der Waals surface area (Å²) < 4.78 is 21.4. The fraction of sp³-hybridized carbons (Fsp3) is 0.375. The molecule has 0 fully saturated rings. The van der Waals surface area contributed by atoms with Crippen LogP contribution in [0.1, 0.15) is 20.8 Å². The van der Waals surface area contributed by atoms with Crippen molar-refractivity contribution in [1.82, 2.24) is 19.3 Å². The molecule has 2 heterocycles. The SMILES string of the molecule is CC(C)(C)C(OC(N)=O)C(=CF)Cn1ncn(-c2cccc(Br)n2)c1=O. The highest BCUT2D eigenvalue weighted by Crippen LogP contribution is 2.29. The largest absolute Gasteiger partial charge is 0.441 e. The van der Waals surface area contributed by atoms with Gasteiger partial charge in [-0.3, -0.25) is 0 Å². The van der Waals surface area contributed by atoms with Crippen LogP contribution in [0.5, 0.6) is 0 Å². The van der Waals surface area contributed by atoms with E-state index in [0.717, 1.165) is 4.68 Å². The van der Waals surface area contributed by atoms with Gasteiger partial charge in [0.1, 0.15) is 22.9 Å². The molecule has 2 aromatic rings. The number of nitrogens with two attached hydrogens (primary N) is 1. The molecule has 0 saturated heterocycles. The van der Waals surface area contributed by atoms with Crippen molar-refractivity contribution in [2.45, 2.75) is 33.4 Å². The first-order valence-corrected chi connectivity index (χ1v) is 8.45. The Balaban J connectivity index is 2.35. The number of nitrogens with zero attached hydrogens (tertiary/aromatic N) is 4. The van der Waals surface area contributed by atoms with Gasteiger partial charge in [0.2, 0.25) is 0 Å². The summed E-state index contributed by atoms with van der Waals surface area (Å²) in [4.78, 5) is 27.9. The van der Waals surface area contributed by atoms with E-state index in [9.17, 15) is 14.0 Å². The normalized spacial score (nSPS) is 13.5. The van der Waals surface area contributed by atoms with Crippen LogP contribution < -0.4 is 11.4 Å². The van der Waals surface area contributed by atoms with Crippen LogP contribution in [-0.2, 0) is 11.3 Å². The molecule has 140 valence electrons. The lowest BCUT2D eigenvalue weighted by atomic mass is 9.84. The third-order valence-electron chi connectivity index (χ3n) is 3.51. The van der Waals surface area contributed by atoms with Gasteiger partial charge in [0.25, 0.3) is 0 Å². The Morgan fingerprint density at radius 3 is 2.69 bits per heavy atom. The number of aromatic nitrogens is 4. The van der Waals surface area contributed by atoms with Crippen LogP contribution in [0.3, 0.4) is 0 Å². The van der Waals surface area contributed by atoms with Crippen LogP contribution >= 0.6 is 15.9 Å². The molecule has 0 bridgehead atoms. The first-order chi connectivity index (χ1) is 12.1. The van der Waals surface area contributed by atoms with Crippen molar-refractivity contribution in [2.75, 3.05) is 0 Å². The summed E-state index contributed by atoms with van der Waals surface area (Å²) in [6.45, 7) is 5.08. The Kier molecular flexibility index (Phi) is 5.96. The fourth-order valence-electron chi connectivity index (χ4n) is 2.41. The summed E-state index contributed by atoms with van der Waals surface area (Å²) in [5.41, 5.74) is 4.00. The Bertz CT molecular complexity index is 884. The molecule has 2 aromatic heterocycles. The number of hydrogen-bond donors (Lipinski definition) is 1. The molecule has 0 aliphatic carbocycles. The van der Waals surface area contributed by atoms with Crippen molar-refractivity contribution in [2.24, 2.45) is 11.1 Å². The van der Waals surface area contributed by atoms with Gasteiger partial charge >= 0.3 is 11.8 Å². The Morgan fingerprint density at radius 2 is 2.15 bits per heavy atom. The molecular formula is C16H19BrFN5O3. The van der Waals surface area contributed by atoms with Crippen molar-refractivity contribution in [1.29, 1.82) is 0 Å². The molecule has 0 aromatic carbocycles. The van der Waals surface area contributed by atoms with Gasteiger partial charge < -0.3 is 10.5 Å². The van der Waals surface area contributed by atoms with Crippen LogP contribution in [0.25, 0.3) is 5.82 Å². The number of carbonyl (C=O) groups is 1. The van der Waals surface area contributed by atoms with Crippen LogP contribution in [0.2, 0.25) is 0 Å². The zero-order chi connectivity index (χ0) is 19.5. The maximum absolute atomic E-state index is 13.5. The van der Waals surface area contributed by atoms with E-state index in [-0.39, 0.29) is 12.1 Å². The predicted molar refractivity (Wildman–Crippen MR) is 96.4 cm³/mol. The quantitative estimate of drug-likeness (QED) is 0.737. The molecule has 0 aliphatic rings. The topological polar surface area (TPSA) is 105 Å². The molecule has 2 rings (SSSR count). The summed E-state index contributed by atoms with van der Waals surface area (Å²) in [5, 5.41) is 3.99. The third kappa shape index (κ3) is 4.57. The van der Waals surface area contributed by atoms with Crippen LogP contribution in [0, 0.1) is 5.41 Å². The van der Waals surface area contributed by atoms with Crippen molar-refractivity contribution in [3.63, 3.8) is 0 Å². The van der Waals surface area contributed by atoms with Crippen LogP contribution in [0.15, 0.2) is 45.8 Å². The highest BCUT2D eigenvalue weighted by molar-refractivity contribution is 9.10. The summed E-state index contributed by atoms with van der Waals surface area (Å²) in [6, 6.07) is 5.08. The van der Waals surface area contributed by atoms with E-state index in [0.29, 0.717) is 16.8 Å². The summed E-state index contributed by atoms with van der Waals surface area (Å²) in [5.74, 6) is 0.363. The lowest BCUT2D eigenvalue weighted by Crippen LogP contribution is -2.37. The van der Waals surface area contributed by atoms with Gasteiger partial charge in [0.05, 0.1) is 12.9 Å². The smallest absolute Gasteiger partial charge is 0.405 e. The maximum Gasteiger partial charge on any atom is 0.405 e. The zero-order valence-electron chi connectivity index (χ0n) is 14.5.